The van der Waals surface area contributed by atoms with Gasteiger partial charge in [-0.1, -0.05) is 10.7 Å². The number of hydrogen-bond donors (Lipinski definition) is 1. The Bertz CT molecular complexity index is 146. The molecule has 0 rings (SSSR count). The van der Waals surface area contributed by atoms with Gasteiger partial charge >= 0.3 is 0 Å². The first-order chi connectivity index (χ1) is 5.13. The van der Waals surface area contributed by atoms with Gasteiger partial charge in [0.15, 0.2) is 0 Å². The predicted octanol–water partition coefficient (Wildman–Crippen LogP) is 1.30. The molecular weight excluding hydrogens is 140 g/mol. The normalized spacial score (nSPS) is 13.1. The van der Waals surface area contributed by atoms with Crippen LogP contribution in [-0.2, 0) is 4.84 Å². The molecule has 0 aromatic rings. The van der Waals surface area contributed by atoms with Crippen LogP contribution in [0.5, 0.6) is 0 Å². The molecule has 1 unspecified atom stereocenters. The van der Waals surface area contributed by atoms with Crippen LogP contribution in [0.1, 0.15) is 20.8 Å². The summed E-state index contributed by atoms with van der Waals surface area (Å²) in [5, 5.41) is 3.65. The molecule has 0 aliphatic heterocycles. The zero-order valence-corrected chi connectivity index (χ0v) is 7.37. The summed E-state index contributed by atoms with van der Waals surface area (Å²) in [6.45, 7) is 6.39. The van der Waals surface area contributed by atoms with Crippen LogP contribution in [0.25, 0.3) is 0 Å². The van der Waals surface area contributed by atoms with Crippen molar-refractivity contribution in [3.05, 3.63) is 11.6 Å². The first-order valence-electron chi connectivity index (χ1n) is 3.67. The fourth-order valence-electron chi connectivity index (χ4n) is 0.386. The van der Waals surface area contributed by atoms with Crippen molar-refractivity contribution in [2.24, 2.45) is 10.9 Å². The average Bonchev–Trinajstić information content (AvgIpc) is 1.85. The Morgan fingerprint density at radius 2 is 2.27 bits per heavy atom. The van der Waals surface area contributed by atoms with Crippen molar-refractivity contribution >= 4 is 6.21 Å². The quantitative estimate of drug-likeness (QED) is 0.288. The molecule has 0 aromatic carbocycles. The van der Waals surface area contributed by atoms with E-state index in [0.29, 0.717) is 6.61 Å². The van der Waals surface area contributed by atoms with Gasteiger partial charge in [0.2, 0.25) is 0 Å². The highest BCUT2D eigenvalue weighted by atomic mass is 16.6. The third-order valence-electron chi connectivity index (χ3n) is 0.937. The molecule has 0 aliphatic rings. The van der Waals surface area contributed by atoms with Crippen molar-refractivity contribution < 1.29 is 4.84 Å². The molecule has 0 heterocycles. The van der Waals surface area contributed by atoms with E-state index < -0.39 is 0 Å². The summed E-state index contributed by atoms with van der Waals surface area (Å²) in [6.07, 6.45) is 3.53. The van der Waals surface area contributed by atoms with Crippen molar-refractivity contribution in [2.75, 3.05) is 6.61 Å². The van der Waals surface area contributed by atoms with Crippen LogP contribution in [0.3, 0.4) is 0 Å². The monoisotopic (exact) mass is 156 g/mol. The number of oxime groups is 1. The summed E-state index contributed by atoms with van der Waals surface area (Å²) in [7, 11) is 0. The van der Waals surface area contributed by atoms with E-state index in [0.717, 1.165) is 0 Å². The molecule has 0 bridgehead atoms. The molecule has 0 spiro atoms. The standard InChI is InChI=1S/C8H16N2O/c1-7(2)4-5-11-10-6-8(3)9/h4,6,8H,5,9H2,1-3H3/b10-6+. The maximum atomic E-state index is 5.39. The van der Waals surface area contributed by atoms with Crippen molar-refractivity contribution in [1.29, 1.82) is 0 Å². The van der Waals surface area contributed by atoms with Crippen LogP contribution in [0.15, 0.2) is 16.8 Å². The maximum Gasteiger partial charge on any atom is 0.135 e. The molecule has 1 atom stereocenters. The molecule has 0 fully saturated rings. The van der Waals surface area contributed by atoms with Gasteiger partial charge in [-0.15, -0.1) is 0 Å². The molecule has 11 heavy (non-hydrogen) atoms. The van der Waals surface area contributed by atoms with Crippen LogP contribution in [0.2, 0.25) is 0 Å². The van der Waals surface area contributed by atoms with Crippen LogP contribution in [-0.4, -0.2) is 18.9 Å². The fraction of sp³-hybridized carbons (Fsp3) is 0.625. The first-order valence-corrected chi connectivity index (χ1v) is 3.67. The van der Waals surface area contributed by atoms with E-state index >= 15 is 0 Å². The molecule has 0 amide bonds. The van der Waals surface area contributed by atoms with Gasteiger partial charge in [0.1, 0.15) is 6.61 Å². The van der Waals surface area contributed by atoms with Gasteiger partial charge in [0.25, 0.3) is 0 Å². The van der Waals surface area contributed by atoms with Gasteiger partial charge in [0.05, 0.1) is 6.21 Å². The highest BCUT2D eigenvalue weighted by Crippen LogP contribution is 1.88. The van der Waals surface area contributed by atoms with E-state index in [2.05, 4.69) is 5.16 Å². The number of nitrogens with zero attached hydrogens (tertiary/aromatic N) is 1. The first kappa shape index (κ1) is 10.2. The molecule has 0 saturated carbocycles. The lowest BCUT2D eigenvalue weighted by Gasteiger charge is -1.95. The van der Waals surface area contributed by atoms with Crippen LogP contribution >= 0.6 is 0 Å². The number of nitrogens with two attached hydrogens (primary N) is 1. The molecular formula is C8H16N2O. The molecule has 64 valence electrons. The van der Waals surface area contributed by atoms with E-state index in [9.17, 15) is 0 Å². The van der Waals surface area contributed by atoms with Crippen molar-refractivity contribution in [1.82, 2.24) is 0 Å². The topological polar surface area (TPSA) is 47.6 Å². The zero-order chi connectivity index (χ0) is 8.69. The second kappa shape index (κ2) is 5.92. The Labute approximate surface area is 67.9 Å². The Hall–Kier alpha value is -0.830. The van der Waals surface area contributed by atoms with Gasteiger partial charge in [-0.25, -0.2) is 0 Å². The minimum absolute atomic E-state index is 0.0401. The van der Waals surface area contributed by atoms with E-state index in [-0.39, 0.29) is 6.04 Å². The summed E-state index contributed by atoms with van der Waals surface area (Å²) in [6, 6.07) is -0.0401. The van der Waals surface area contributed by atoms with Gasteiger partial charge in [-0.05, 0) is 26.8 Å². The highest BCUT2D eigenvalue weighted by Gasteiger charge is 1.83. The summed E-state index contributed by atoms with van der Waals surface area (Å²) in [5.74, 6) is 0. The van der Waals surface area contributed by atoms with E-state index in [1.165, 1.54) is 5.57 Å². The minimum Gasteiger partial charge on any atom is -0.392 e. The lowest BCUT2D eigenvalue weighted by Crippen LogP contribution is -2.16. The van der Waals surface area contributed by atoms with Crippen molar-refractivity contribution in [3.63, 3.8) is 0 Å². The molecule has 0 radical (unpaired) electrons. The smallest absolute Gasteiger partial charge is 0.135 e. The van der Waals surface area contributed by atoms with Gasteiger partial charge in [-0.3, -0.25) is 0 Å². The van der Waals surface area contributed by atoms with E-state index in [1.807, 2.05) is 26.8 Å². The number of hydrogen-bond acceptors (Lipinski definition) is 3. The maximum absolute atomic E-state index is 5.39. The SMILES string of the molecule is CC(C)=CCO/N=C/C(C)N. The van der Waals surface area contributed by atoms with Crippen LogP contribution in [0.4, 0.5) is 0 Å². The molecule has 3 heteroatoms. The Kier molecular flexibility index (Phi) is 5.47. The van der Waals surface area contributed by atoms with Gasteiger partial charge in [-0.2, -0.15) is 0 Å². The Morgan fingerprint density at radius 1 is 1.64 bits per heavy atom. The molecule has 2 N–H and O–H groups in total. The third-order valence-corrected chi connectivity index (χ3v) is 0.937. The van der Waals surface area contributed by atoms with E-state index in [1.54, 1.807) is 6.21 Å². The number of allylic oxidation sites excluding steroid dienone is 1. The fourth-order valence-corrected chi connectivity index (χ4v) is 0.386. The molecule has 3 nitrogen and oxygen atoms in total. The highest BCUT2D eigenvalue weighted by molar-refractivity contribution is 5.62. The Balaban J connectivity index is 3.35. The summed E-state index contributed by atoms with van der Waals surface area (Å²) in [5.41, 5.74) is 6.61. The lowest BCUT2D eigenvalue weighted by atomic mass is 10.3. The summed E-state index contributed by atoms with van der Waals surface area (Å²) >= 11 is 0. The Morgan fingerprint density at radius 3 is 2.73 bits per heavy atom. The zero-order valence-electron chi connectivity index (χ0n) is 7.37. The molecule has 0 aromatic heterocycles. The second-order valence-electron chi connectivity index (χ2n) is 2.69. The largest absolute Gasteiger partial charge is 0.392 e. The minimum atomic E-state index is -0.0401. The predicted molar refractivity (Wildman–Crippen MR) is 47.5 cm³/mol. The van der Waals surface area contributed by atoms with E-state index in [4.69, 9.17) is 10.6 Å². The van der Waals surface area contributed by atoms with Gasteiger partial charge in [0, 0.05) is 6.04 Å². The third kappa shape index (κ3) is 9.17. The second-order valence-corrected chi connectivity index (χ2v) is 2.69. The summed E-state index contributed by atoms with van der Waals surface area (Å²) < 4.78 is 0. The lowest BCUT2D eigenvalue weighted by molar-refractivity contribution is 0.175. The molecule has 0 aliphatic carbocycles. The van der Waals surface area contributed by atoms with Crippen LogP contribution < -0.4 is 5.73 Å². The van der Waals surface area contributed by atoms with Crippen molar-refractivity contribution in [3.8, 4) is 0 Å². The average molecular weight is 156 g/mol. The van der Waals surface area contributed by atoms with Gasteiger partial charge < -0.3 is 10.6 Å². The molecule has 0 saturated heterocycles. The number of rotatable bonds is 4. The van der Waals surface area contributed by atoms with Crippen LogP contribution in [0, 0.1) is 0 Å². The summed E-state index contributed by atoms with van der Waals surface area (Å²) in [4.78, 5) is 4.87. The van der Waals surface area contributed by atoms with Crippen molar-refractivity contribution in [2.45, 2.75) is 26.8 Å².